The minimum Gasteiger partial charge on any atom is -0.469 e. The number of aryl methyl sites for hydroxylation is 1. The fraction of sp³-hybridized carbons (Fsp3) is 0.286. The number of furan rings is 1. The number of aliphatic hydroxyl groups excluding tert-OH is 1. The Labute approximate surface area is 116 Å². The van der Waals surface area contributed by atoms with Crippen LogP contribution in [0, 0.1) is 0 Å². The number of benzene rings is 1. The van der Waals surface area contributed by atoms with E-state index in [1.54, 1.807) is 24.5 Å². The molecule has 0 bridgehead atoms. The molecule has 1 aromatic carbocycles. The van der Waals surface area contributed by atoms with E-state index in [1.165, 1.54) is 0 Å². The maximum absolute atomic E-state index is 9.99. The number of hydrogen-bond donors (Lipinski definition) is 1. The highest BCUT2D eigenvalue weighted by atomic mass is 35.5. The lowest BCUT2D eigenvalue weighted by molar-refractivity contribution is 0.163. The van der Waals surface area contributed by atoms with E-state index in [1.807, 2.05) is 12.1 Å². The Kier molecular flexibility index (Phi) is 4.70. The van der Waals surface area contributed by atoms with Gasteiger partial charge in [-0.1, -0.05) is 29.3 Å². The molecular weight excluding hydrogens is 271 g/mol. The summed E-state index contributed by atoms with van der Waals surface area (Å²) >= 11 is 12.1. The predicted molar refractivity (Wildman–Crippen MR) is 73.2 cm³/mol. The van der Waals surface area contributed by atoms with Crippen molar-refractivity contribution in [3.63, 3.8) is 0 Å². The highest BCUT2D eigenvalue weighted by molar-refractivity contribution is 6.35. The molecule has 2 nitrogen and oxygen atoms in total. The maximum atomic E-state index is 9.99. The summed E-state index contributed by atoms with van der Waals surface area (Å²) in [5.41, 5.74) is 0.799. The second-order valence-electron chi connectivity index (χ2n) is 4.18. The second-order valence-corrected chi connectivity index (χ2v) is 4.99. The van der Waals surface area contributed by atoms with Gasteiger partial charge in [-0.15, -0.1) is 0 Å². The molecule has 0 radical (unpaired) electrons. The molecule has 18 heavy (non-hydrogen) atoms. The molecule has 0 saturated heterocycles. The van der Waals surface area contributed by atoms with Gasteiger partial charge in [-0.25, -0.2) is 0 Å². The molecule has 1 heterocycles. The van der Waals surface area contributed by atoms with E-state index in [2.05, 4.69) is 0 Å². The largest absolute Gasteiger partial charge is 0.469 e. The van der Waals surface area contributed by atoms with E-state index in [0.717, 1.165) is 11.3 Å². The first kappa shape index (κ1) is 13.5. The van der Waals surface area contributed by atoms with Gasteiger partial charge in [0.2, 0.25) is 0 Å². The average Bonchev–Trinajstić information content (AvgIpc) is 2.84. The first-order chi connectivity index (χ1) is 8.66. The fourth-order valence-corrected chi connectivity index (χ4v) is 2.38. The number of rotatable bonds is 5. The van der Waals surface area contributed by atoms with Crippen molar-refractivity contribution in [3.8, 4) is 0 Å². The van der Waals surface area contributed by atoms with E-state index in [0.29, 0.717) is 29.3 Å². The van der Waals surface area contributed by atoms with Gasteiger partial charge in [0, 0.05) is 22.9 Å². The maximum Gasteiger partial charge on any atom is 0.103 e. The van der Waals surface area contributed by atoms with Crippen molar-refractivity contribution < 1.29 is 9.52 Å². The molecule has 0 aliphatic heterocycles. The summed E-state index contributed by atoms with van der Waals surface area (Å²) in [6.07, 6.45) is 2.93. The molecule has 0 fully saturated rings. The van der Waals surface area contributed by atoms with Crippen molar-refractivity contribution >= 4 is 23.2 Å². The first-order valence-corrected chi connectivity index (χ1v) is 6.55. The summed E-state index contributed by atoms with van der Waals surface area (Å²) in [5, 5.41) is 11.2. The summed E-state index contributed by atoms with van der Waals surface area (Å²) in [5.74, 6) is 0.874. The lowest BCUT2D eigenvalue weighted by atomic mass is 10.0. The van der Waals surface area contributed by atoms with E-state index >= 15 is 0 Å². The van der Waals surface area contributed by atoms with Crippen molar-refractivity contribution in [2.45, 2.75) is 25.4 Å². The molecule has 0 spiro atoms. The molecule has 2 rings (SSSR count). The van der Waals surface area contributed by atoms with E-state index in [-0.39, 0.29) is 0 Å². The third-order valence-electron chi connectivity index (χ3n) is 2.81. The molecule has 1 atom stereocenters. The van der Waals surface area contributed by atoms with Crippen LogP contribution in [0.25, 0.3) is 0 Å². The highest BCUT2D eigenvalue weighted by Crippen LogP contribution is 2.26. The third-order valence-corrected chi connectivity index (χ3v) is 3.51. The Balaban J connectivity index is 1.92. The van der Waals surface area contributed by atoms with Gasteiger partial charge >= 0.3 is 0 Å². The van der Waals surface area contributed by atoms with Gasteiger partial charge in [-0.05, 0) is 36.2 Å². The lowest BCUT2D eigenvalue weighted by Gasteiger charge is -2.12. The smallest absolute Gasteiger partial charge is 0.103 e. The van der Waals surface area contributed by atoms with Crippen molar-refractivity contribution in [1.29, 1.82) is 0 Å². The minimum atomic E-state index is -0.479. The van der Waals surface area contributed by atoms with E-state index in [4.69, 9.17) is 27.6 Å². The quantitative estimate of drug-likeness (QED) is 0.896. The molecule has 1 unspecified atom stereocenters. The molecule has 1 aromatic heterocycles. The van der Waals surface area contributed by atoms with Crippen LogP contribution in [-0.4, -0.2) is 11.2 Å². The molecule has 96 valence electrons. The summed E-state index contributed by atoms with van der Waals surface area (Å²) in [4.78, 5) is 0. The van der Waals surface area contributed by atoms with Gasteiger partial charge in [0.25, 0.3) is 0 Å². The van der Waals surface area contributed by atoms with Crippen LogP contribution in [0.1, 0.15) is 17.7 Å². The summed E-state index contributed by atoms with van der Waals surface area (Å²) in [6, 6.07) is 9.09. The van der Waals surface area contributed by atoms with Gasteiger partial charge in [0.15, 0.2) is 0 Å². The first-order valence-electron chi connectivity index (χ1n) is 5.80. The lowest BCUT2D eigenvalue weighted by Crippen LogP contribution is -2.12. The average molecular weight is 285 g/mol. The van der Waals surface area contributed by atoms with Crippen molar-refractivity contribution in [1.82, 2.24) is 0 Å². The monoisotopic (exact) mass is 284 g/mol. The molecule has 1 N–H and O–H groups in total. The Morgan fingerprint density at radius 1 is 1.11 bits per heavy atom. The van der Waals surface area contributed by atoms with Gasteiger partial charge in [0.1, 0.15) is 5.76 Å². The number of hydrogen-bond acceptors (Lipinski definition) is 2. The SMILES string of the molecule is OC(CCc1ccco1)Cc1c(Cl)cccc1Cl. The van der Waals surface area contributed by atoms with Gasteiger partial charge in [0.05, 0.1) is 12.4 Å². The van der Waals surface area contributed by atoms with Crippen LogP contribution in [-0.2, 0) is 12.8 Å². The van der Waals surface area contributed by atoms with Crippen LogP contribution in [0.4, 0.5) is 0 Å². The van der Waals surface area contributed by atoms with E-state index < -0.39 is 6.10 Å². The van der Waals surface area contributed by atoms with Gasteiger partial charge < -0.3 is 9.52 Å². The third kappa shape index (κ3) is 3.52. The Morgan fingerprint density at radius 3 is 2.44 bits per heavy atom. The van der Waals surface area contributed by atoms with Crippen LogP contribution in [0.5, 0.6) is 0 Å². The summed E-state index contributed by atoms with van der Waals surface area (Å²) < 4.78 is 5.22. The molecule has 0 amide bonds. The zero-order valence-electron chi connectivity index (χ0n) is 9.77. The summed E-state index contributed by atoms with van der Waals surface area (Å²) in [7, 11) is 0. The summed E-state index contributed by atoms with van der Waals surface area (Å²) in [6.45, 7) is 0. The van der Waals surface area contributed by atoms with Crippen LogP contribution >= 0.6 is 23.2 Å². The van der Waals surface area contributed by atoms with Gasteiger partial charge in [-0.3, -0.25) is 0 Å². The van der Waals surface area contributed by atoms with Crippen molar-refractivity contribution in [2.75, 3.05) is 0 Å². The molecule has 2 aromatic rings. The van der Waals surface area contributed by atoms with Crippen LogP contribution < -0.4 is 0 Å². The Hall–Kier alpha value is -0.960. The molecule has 0 saturated carbocycles. The Bertz CT molecular complexity index is 474. The normalized spacial score (nSPS) is 12.6. The number of halogens is 2. The minimum absolute atomic E-state index is 0.458. The Morgan fingerprint density at radius 2 is 1.83 bits per heavy atom. The van der Waals surface area contributed by atoms with Crippen LogP contribution in [0.2, 0.25) is 10.0 Å². The molecular formula is C14H14Cl2O2. The standard InChI is InChI=1S/C14H14Cl2O2/c15-13-4-1-5-14(16)12(13)9-10(17)6-7-11-3-2-8-18-11/h1-5,8,10,17H,6-7,9H2. The topological polar surface area (TPSA) is 33.4 Å². The zero-order valence-corrected chi connectivity index (χ0v) is 11.3. The van der Waals surface area contributed by atoms with Crippen molar-refractivity contribution in [2.24, 2.45) is 0 Å². The predicted octanol–water partition coefficient (Wildman–Crippen LogP) is 4.12. The number of aliphatic hydroxyl groups is 1. The molecule has 4 heteroatoms. The fourth-order valence-electron chi connectivity index (χ4n) is 1.83. The van der Waals surface area contributed by atoms with Crippen molar-refractivity contribution in [3.05, 3.63) is 58.0 Å². The van der Waals surface area contributed by atoms with Crippen LogP contribution in [0.15, 0.2) is 41.0 Å². The highest BCUT2D eigenvalue weighted by Gasteiger charge is 2.12. The van der Waals surface area contributed by atoms with Crippen LogP contribution in [0.3, 0.4) is 0 Å². The van der Waals surface area contributed by atoms with E-state index in [9.17, 15) is 5.11 Å². The second kappa shape index (κ2) is 6.28. The molecule has 0 aliphatic rings. The zero-order chi connectivity index (χ0) is 13.0. The van der Waals surface area contributed by atoms with Gasteiger partial charge in [-0.2, -0.15) is 0 Å². The molecule has 0 aliphatic carbocycles.